The van der Waals surface area contributed by atoms with Crippen LogP contribution >= 0.6 is 0 Å². The Morgan fingerprint density at radius 3 is 2.60 bits per heavy atom. The first-order valence-electron chi connectivity index (χ1n) is 4.25. The second-order valence-corrected chi connectivity index (χ2v) is 4.29. The predicted octanol–water partition coefficient (Wildman–Crippen LogP) is 2.20. The van der Waals surface area contributed by atoms with Crippen molar-refractivity contribution in [3.8, 4) is 0 Å². The average molecular weight is 142 g/mol. The molecule has 1 saturated carbocycles. The molecule has 1 heteroatoms. The molecule has 0 aromatic heterocycles. The van der Waals surface area contributed by atoms with E-state index in [-0.39, 0.29) is 0 Å². The summed E-state index contributed by atoms with van der Waals surface area (Å²) in [6, 6.07) is 0. The van der Waals surface area contributed by atoms with Crippen LogP contribution in [0.15, 0.2) is 0 Å². The molecule has 1 aliphatic carbocycles. The Morgan fingerprint density at radius 1 is 1.50 bits per heavy atom. The van der Waals surface area contributed by atoms with Gasteiger partial charge in [0.25, 0.3) is 0 Å². The molecule has 1 fully saturated rings. The van der Waals surface area contributed by atoms with Crippen molar-refractivity contribution < 1.29 is 5.11 Å². The van der Waals surface area contributed by atoms with Gasteiger partial charge in [-0.25, -0.2) is 0 Å². The van der Waals surface area contributed by atoms with Gasteiger partial charge in [-0.2, -0.15) is 0 Å². The van der Waals surface area contributed by atoms with Crippen LogP contribution in [0.25, 0.3) is 0 Å². The second-order valence-electron chi connectivity index (χ2n) is 4.29. The van der Waals surface area contributed by atoms with Gasteiger partial charge in [-0.3, -0.25) is 0 Å². The fourth-order valence-electron chi connectivity index (χ4n) is 2.01. The molecule has 1 rings (SSSR count). The zero-order chi connectivity index (χ0) is 7.61. The van der Waals surface area contributed by atoms with Crippen molar-refractivity contribution in [1.29, 1.82) is 0 Å². The topological polar surface area (TPSA) is 20.2 Å². The van der Waals surface area contributed by atoms with Crippen molar-refractivity contribution in [3.05, 3.63) is 0 Å². The maximum absolute atomic E-state index is 8.70. The highest BCUT2D eigenvalue weighted by molar-refractivity contribution is 4.81. The standard InChI is InChI=1S/C9H18O/c1-9(2)5-3-8(7-9)4-6-10/h8,10H,3-7H2,1-2H3. The van der Waals surface area contributed by atoms with Crippen LogP contribution in [0.2, 0.25) is 0 Å². The van der Waals surface area contributed by atoms with Crippen molar-refractivity contribution in [2.24, 2.45) is 11.3 Å². The molecule has 0 amide bonds. The number of hydrogen-bond donors (Lipinski definition) is 1. The van der Waals surface area contributed by atoms with Gasteiger partial charge in [0.05, 0.1) is 0 Å². The zero-order valence-electron chi connectivity index (χ0n) is 7.06. The highest BCUT2D eigenvalue weighted by Gasteiger charge is 2.29. The molecule has 0 spiro atoms. The zero-order valence-corrected chi connectivity index (χ0v) is 7.06. The summed E-state index contributed by atoms with van der Waals surface area (Å²) in [4.78, 5) is 0. The monoisotopic (exact) mass is 142 g/mol. The third-order valence-corrected chi connectivity index (χ3v) is 2.61. The molecule has 0 aromatic rings. The Labute approximate surface area is 63.4 Å². The Hall–Kier alpha value is -0.0400. The lowest BCUT2D eigenvalue weighted by Crippen LogP contribution is -2.05. The molecule has 1 nitrogen and oxygen atoms in total. The van der Waals surface area contributed by atoms with Crippen LogP contribution in [0, 0.1) is 11.3 Å². The summed E-state index contributed by atoms with van der Waals surface area (Å²) in [5.74, 6) is 0.806. The Morgan fingerprint density at radius 2 is 2.20 bits per heavy atom. The molecular formula is C9H18O. The van der Waals surface area contributed by atoms with E-state index in [1.165, 1.54) is 19.3 Å². The molecule has 60 valence electrons. The molecule has 10 heavy (non-hydrogen) atoms. The van der Waals surface area contributed by atoms with Crippen molar-refractivity contribution in [2.45, 2.75) is 39.5 Å². The maximum atomic E-state index is 8.70. The van der Waals surface area contributed by atoms with E-state index in [4.69, 9.17) is 5.11 Å². The molecule has 0 radical (unpaired) electrons. The number of rotatable bonds is 2. The van der Waals surface area contributed by atoms with Gasteiger partial charge in [0.1, 0.15) is 0 Å². The normalized spacial score (nSPS) is 30.9. The highest BCUT2D eigenvalue weighted by Crippen LogP contribution is 2.41. The van der Waals surface area contributed by atoms with E-state index in [0.717, 1.165) is 12.3 Å². The maximum Gasteiger partial charge on any atom is 0.0433 e. The van der Waals surface area contributed by atoms with Crippen LogP contribution in [0.5, 0.6) is 0 Å². The number of hydrogen-bond acceptors (Lipinski definition) is 1. The highest BCUT2D eigenvalue weighted by atomic mass is 16.3. The Bertz CT molecular complexity index is 107. The van der Waals surface area contributed by atoms with Crippen LogP contribution in [0.4, 0.5) is 0 Å². The molecule has 0 bridgehead atoms. The van der Waals surface area contributed by atoms with E-state index in [9.17, 15) is 0 Å². The van der Waals surface area contributed by atoms with Crippen molar-refractivity contribution in [1.82, 2.24) is 0 Å². The molecule has 0 heterocycles. The molecule has 1 atom stereocenters. The van der Waals surface area contributed by atoms with Crippen LogP contribution in [-0.4, -0.2) is 11.7 Å². The first kappa shape index (κ1) is 8.06. The fraction of sp³-hybridized carbons (Fsp3) is 1.00. The average Bonchev–Trinajstić information content (AvgIpc) is 2.12. The van der Waals surface area contributed by atoms with Gasteiger partial charge in [-0.1, -0.05) is 13.8 Å². The van der Waals surface area contributed by atoms with Crippen LogP contribution in [0.1, 0.15) is 39.5 Å². The number of aliphatic hydroxyl groups excluding tert-OH is 1. The van der Waals surface area contributed by atoms with E-state index in [1.807, 2.05) is 0 Å². The summed E-state index contributed by atoms with van der Waals surface area (Å²) in [5, 5.41) is 8.70. The summed E-state index contributed by atoms with van der Waals surface area (Å²) >= 11 is 0. The molecule has 1 unspecified atom stereocenters. The largest absolute Gasteiger partial charge is 0.396 e. The minimum Gasteiger partial charge on any atom is -0.396 e. The van der Waals surface area contributed by atoms with E-state index in [0.29, 0.717) is 12.0 Å². The van der Waals surface area contributed by atoms with Gasteiger partial charge in [0.15, 0.2) is 0 Å². The lowest BCUT2D eigenvalue weighted by Gasteiger charge is -2.16. The van der Waals surface area contributed by atoms with Crippen LogP contribution in [0.3, 0.4) is 0 Å². The molecule has 0 aromatic carbocycles. The summed E-state index contributed by atoms with van der Waals surface area (Å²) in [6.07, 6.45) is 5.00. The first-order chi connectivity index (χ1) is 4.64. The van der Waals surface area contributed by atoms with Crippen LogP contribution in [-0.2, 0) is 0 Å². The summed E-state index contributed by atoms with van der Waals surface area (Å²) in [6.45, 7) is 5.02. The van der Waals surface area contributed by atoms with Crippen molar-refractivity contribution in [3.63, 3.8) is 0 Å². The van der Waals surface area contributed by atoms with Gasteiger partial charge < -0.3 is 5.11 Å². The van der Waals surface area contributed by atoms with E-state index in [1.54, 1.807) is 0 Å². The smallest absolute Gasteiger partial charge is 0.0433 e. The first-order valence-corrected chi connectivity index (χ1v) is 4.25. The molecular weight excluding hydrogens is 124 g/mol. The van der Waals surface area contributed by atoms with Gasteiger partial charge in [0, 0.05) is 6.61 Å². The fourth-order valence-corrected chi connectivity index (χ4v) is 2.01. The van der Waals surface area contributed by atoms with Crippen molar-refractivity contribution >= 4 is 0 Å². The van der Waals surface area contributed by atoms with Gasteiger partial charge in [0.2, 0.25) is 0 Å². The molecule has 1 aliphatic rings. The summed E-state index contributed by atoms with van der Waals surface area (Å²) in [7, 11) is 0. The molecule has 0 saturated heterocycles. The summed E-state index contributed by atoms with van der Waals surface area (Å²) < 4.78 is 0. The van der Waals surface area contributed by atoms with E-state index >= 15 is 0 Å². The van der Waals surface area contributed by atoms with Gasteiger partial charge in [-0.05, 0) is 37.0 Å². The Balaban J connectivity index is 2.29. The Kier molecular flexibility index (Phi) is 2.35. The van der Waals surface area contributed by atoms with Crippen LogP contribution < -0.4 is 0 Å². The van der Waals surface area contributed by atoms with E-state index in [2.05, 4.69) is 13.8 Å². The minimum atomic E-state index is 0.376. The SMILES string of the molecule is CC1(C)CCC(CCO)C1. The molecule has 1 N–H and O–H groups in total. The quantitative estimate of drug-likeness (QED) is 0.626. The third-order valence-electron chi connectivity index (χ3n) is 2.61. The summed E-state index contributed by atoms with van der Waals surface area (Å²) in [5.41, 5.74) is 0.555. The lowest BCUT2D eigenvalue weighted by atomic mass is 9.90. The minimum absolute atomic E-state index is 0.376. The van der Waals surface area contributed by atoms with Gasteiger partial charge >= 0.3 is 0 Å². The third kappa shape index (κ3) is 1.98. The molecule has 0 aliphatic heterocycles. The van der Waals surface area contributed by atoms with Gasteiger partial charge in [-0.15, -0.1) is 0 Å². The van der Waals surface area contributed by atoms with Crippen molar-refractivity contribution in [2.75, 3.05) is 6.61 Å². The number of aliphatic hydroxyl groups is 1. The van der Waals surface area contributed by atoms with E-state index < -0.39 is 0 Å². The predicted molar refractivity (Wildman–Crippen MR) is 42.8 cm³/mol. The second kappa shape index (κ2) is 2.91. The lowest BCUT2D eigenvalue weighted by molar-refractivity contribution is 0.250.